The molecular weight excluding hydrogens is 396 g/mol. The number of fused-ring (bicyclic) bond motifs is 1. The van der Waals surface area contributed by atoms with Crippen LogP contribution in [0.2, 0.25) is 0 Å². The highest BCUT2D eigenvalue weighted by atomic mass is 35.5. The lowest BCUT2D eigenvalue weighted by Gasteiger charge is -2.27. The maximum Gasteiger partial charge on any atom is 0.269 e. The fourth-order valence-electron chi connectivity index (χ4n) is 2.80. The fourth-order valence-corrected chi connectivity index (χ4v) is 3.21. The number of nitrogens with zero attached hydrogens (tertiary/aromatic N) is 1. The highest BCUT2D eigenvalue weighted by Gasteiger charge is 2.31. The summed E-state index contributed by atoms with van der Waals surface area (Å²) in [6, 6.07) is 2.52. The molecule has 8 heteroatoms. The van der Waals surface area contributed by atoms with Gasteiger partial charge in [-0.3, -0.25) is 4.79 Å². The minimum absolute atomic E-state index is 0.0665. The van der Waals surface area contributed by atoms with E-state index in [2.05, 4.69) is 0 Å². The van der Waals surface area contributed by atoms with Gasteiger partial charge < -0.3 is 19.1 Å². The van der Waals surface area contributed by atoms with Crippen molar-refractivity contribution in [2.45, 2.75) is 13.2 Å². The summed E-state index contributed by atoms with van der Waals surface area (Å²) < 4.78 is 31.2. The van der Waals surface area contributed by atoms with Gasteiger partial charge in [0.2, 0.25) is 0 Å². The molecule has 2 heterocycles. The molecule has 2 aliphatic rings. The molecule has 1 aromatic carbocycles. The lowest BCUT2D eigenvalue weighted by atomic mass is 10.1. The van der Waals surface area contributed by atoms with Crippen LogP contribution in [0.4, 0.5) is 4.39 Å². The first-order valence-electron chi connectivity index (χ1n) is 8.38. The number of morpholine rings is 1. The van der Waals surface area contributed by atoms with E-state index in [0.717, 1.165) is 6.07 Å². The monoisotopic (exact) mass is 413 g/mol. The Kier molecular flexibility index (Phi) is 6.42. The van der Waals surface area contributed by atoms with E-state index in [1.807, 2.05) is 6.92 Å². The third-order valence-electron chi connectivity index (χ3n) is 4.12. The molecule has 0 bridgehead atoms. The second-order valence-electron chi connectivity index (χ2n) is 5.85. The average molecular weight is 414 g/mol. The van der Waals surface area contributed by atoms with Crippen molar-refractivity contribution in [2.75, 3.05) is 26.3 Å². The van der Waals surface area contributed by atoms with Crippen LogP contribution in [-0.2, 0) is 4.74 Å². The van der Waals surface area contributed by atoms with E-state index in [4.69, 9.17) is 37.4 Å². The number of hydrogen-bond donors (Lipinski definition) is 0. The van der Waals surface area contributed by atoms with E-state index in [1.165, 1.54) is 17.7 Å². The molecule has 1 saturated heterocycles. The number of carbonyl (C=O) groups is 1. The summed E-state index contributed by atoms with van der Waals surface area (Å²) >= 11 is 11.8. The number of ether oxygens (including phenoxy) is 3. The Morgan fingerprint density at radius 3 is 2.52 bits per heavy atom. The van der Waals surface area contributed by atoms with Crippen molar-refractivity contribution in [3.8, 4) is 11.5 Å². The molecule has 27 heavy (non-hydrogen) atoms. The van der Waals surface area contributed by atoms with Crippen molar-refractivity contribution in [3.63, 3.8) is 0 Å². The van der Waals surface area contributed by atoms with Crippen LogP contribution in [-0.4, -0.2) is 43.4 Å². The molecule has 1 aromatic rings. The number of allylic oxidation sites excluding steroid dienone is 3. The number of halogens is 3. The first-order chi connectivity index (χ1) is 13.0. The van der Waals surface area contributed by atoms with Gasteiger partial charge in [0.15, 0.2) is 11.5 Å². The Morgan fingerprint density at radius 2 is 1.89 bits per heavy atom. The number of rotatable bonds is 4. The molecular formula is C19H18Cl2FNO4. The SMILES string of the molecule is C\C=C/C(=C(Cl)\C=C\Cl)C1Oc2cc(F)c(C(=O)N3CCOCC3)cc2O1. The van der Waals surface area contributed by atoms with Gasteiger partial charge in [-0.2, -0.15) is 0 Å². The Balaban J connectivity index is 1.87. The fraction of sp³-hybridized carbons (Fsp3) is 0.316. The van der Waals surface area contributed by atoms with Crippen molar-refractivity contribution in [3.05, 3.63) is 57.9 Å². The van der Waals surface area contributed by atoms with Crippen LogP contribution < -0.4 is 9.47 Å². The van der Waals surface area contributed by atoms with Crippen LogP contribution in [0, 0.1) is 5.82 Å². The number of hydrogen-bond acceptors (Lipinski definition) is 4. The summed E-state index contributed by atoms with van der Waals surface area (Å²) in [6.45, 7) is 3.53. The van der Waals surface area contributed by atoms with Crippen molar-refractivity contribution in [2.24, 2.45) is 0 Å². The topological polar surface area (TPSA) is 48.0 Å². The van der Waals surface area contributed by atoms with Crippen LogP contribution in [0.3, 0.4) is 0 Å². The molecule has 5 nitrogen and oxygen atoms in total. The summed E-state index contributed by atoms with van der Waals surface area (Å²) in [7, 11) is 0. The van der Waals surface area contributed by atoms with Crippen LogP contribution in [0.25, 0.3) is 0 Å². The van der Waals surface area contributed by atoms with Gasteiger partial charge in [-0.15, -0.1) is 0 Å². The molecule has 0 radical (unpaired) electrons. The maximum absolute atomic E-state index is 14.5. The molecule has 0 saturated carbocycles. The zero-order valence-corrected chi connectivity index (χ0v) is 16.1. The normalized spacial score (nSPS) is 20.4. The van der Waals surface area contributed by atoms with Crippen LogP contribution in [0.1, 0.15) is 17.3 Å². The van der Waals surface area contributed by atoms with E-state index in [1.54, 1.807) is 17.1 Å². The van der Waals surface area contributed by atoms with E-state index in [9.17, 15) is 9.18 Å². The highest BCUT2D eigenvalue weighted by Crippen LogP contribution is 2.40. The first kappa shape index (κ1) is 19.7. The van der Waals surface area contributed by atoms with Crippen molar-refractivity contribution in [1.29, 1.82) is 0 Å². The maximum atomic E-state index is 14.5. The van der Waals surface area contributed by atoms with Crippen LogP contribution >= 0.6 is 23.2 Å². The molecule has 2 aliphatic heterocycles. The lowest BCUT2D eigenvalue weighted by Crippen LogP contribution is -2.41. The zero-order chi connectivity index (χ0) is 19.4. The predicted molar refractivity (Wildman–Crippen MR) is 101 cm³/mol. The zero-order valence-electron chi connectivity index (χ0n) is 14.6. The Labute approximate surface area is 166 Å². The molecule has 1 fully saturated rings. The molecule has 0 spiro atoms. The van der Waals surface area contributed by atoms with Gasteiger partial charge in [0.1, 0.15) is 5.82 Å². The van der Waals surface area contributed by atoms with Crippen molar-refractivity contribution in [1.82, 2.24) is 4.90 Å². The van der Waals surface area contributed by atoms with Gasteiger partial charge in [-0.1, -0.05) is 35.4 Å². The number of carbonyl (C=O) groups excluding carboxylic acids is 1. The largest absolute Gasteiger partial charge is 0.447 e. The third-order valence-corrected chi connectivity index (χ3v) is 4.59. The van der Waals surface area contributed by atoms with Crippen LogP contribution in [0.15, 0.2) is 46.5 Å². The van der Waals surface area contributed by atoms with Gasteiger partial charge in [0.25, 0.3) is 12.2 Å². The van der Waals surface area contributed by atoms with E-state index in [0.29, 0.717) is 36.9 Å². The van der Waals surface area contributed by atoms with Crippen molar-refractivity contribution >= 4 is 29.1 Å². The van der Waals surface area contributed by atoms with Gasteiger partial charge in [0, 0.05) is 24.7 Å². The number of benzene rings is 1. The van der Waals surface area contributed by atoms with E-state index < -0.39 is 18.0 Å². The average Bonchev–Trinajstić information content (AvgIpc) is 3.08. The molecule has 144 valence electrons. The summed E-state index contributed by atoms with van der Waals surface area (Å²) in [4.78, 5) is 14.2. The Bertz CT molecular complexity index is 816. The molecule has 0 aromatic heterocycles. The molecule has 0 aliphatic carbocycles. The predicted octanol–water partition coefficient (Wildman–Crippen LogP) is 4.22. The molecule has 3 rings (SSSR count). The van der Waals surface area contributed by atoms with E-state index >= 15 is 0 Å². The molecule has 1 unspecified atom stereocenters. The number of amides is 1. The van der Waals surface area contributed by atoms with Gasteiger partial charge >= 0.3 is 0 Å². The van der Waals surface area contributed by atoms with E-state index in [-0.39, 0.29) is 17.1 Å². The van der Waals surface area contributed by atoms with Gasteiger partial charge in [0.05, 0.1) is 29.4 Å². The summed E-state index contributed by atoms with van der Waals surface area (Å²) in [6.07, 6.45) is 4.10. The minimum Gasteiger partial charge on any atom is -0.447 e. The minimum atomic E-state index is -0.871. The second kappa shape index (κ2) is 8.78. The third kappa shape index (κ3) is 4.29. The molecule has 1 atom stereocenters. The standard InChI is InChI=1S/C19H18Cl2FNO4/c1-2-3-12(14(21)4-5-20)19-26-16-10-13(15(22)11-17(16)27-19)18(24)23-6-8-25-9-7-23/h2-5,10-11,19H,6-9H2,1H3/b3-2-,5-4+,14-12-. The lowest BCUT2D eigenvalue weighted by molar-refractivity contribution is 0.0299. The Hall–Kier alpha value is -2.02. The molecule has 1 amide bonds. The molecule has 0 N–H and O–H groups in total. The van der Waals surface area contributed by atoms with Crippen LogP contribution in [0.5, 0.6) is 11.5 Å². The highest BCUT2D eigenvalue weighted by molar-refractivity contribution is 6.33. The summed E-state index contributed by atoms with van der Waals surface area (Å²) in [5, 5.41) is 0.325. The van der Waals surface area contributed by atoms with Gasteiger partial charge in [-0.05, 0) is 19.1 Å². The first-order valence-corrected chi connectivity index (χ1v) is 9.19. The quantitative estimate of drug-likeness (QED) is 0.693. The smallest absolute Gasteiger partial charge is 0.269 e. The van der Waals surface area contributed by atoms with Gasteiger partial charge in [-0.25, -0.2) is 4.39 Å². The summed E-state index contributed by atoms with van der Waals surface area (Å²) in [5.74, 6) is -0.590. The summed E-state index contributed by atoms with van der Waals surface area (Å²) in [5.41, 5.74) is 1.73. The Morgan fingerprint density at radius 1 is 1.22 bits per heavy atom. The van der Waals surface area contributed by atoms with Crippen molar-refractivity contribution < 1.29 is 23.4 Å². The second-order valence-corrected chi connectivity index (χ2v) is 6.51.